The minimum Gasteiger partial charge on any atom is -0.480 e. The van der Waals surface area contributed by atoms with Crippen molar-refractivity contribution in [1.29, 1.82) is 0 Å². The molecule has 1 aromatic heterocycles. The number of methoxy groups -OCH3 is 1. The molecule has 88 valence electrons. The van der Waals surface area contributed by atoms with Gasteiger partial charge in [-0.2, -0.15) is 0 Å². The Balaban J connectivity index is 2.23. The van der Waals surface area contributed by atoms with E-state index in [1.165, 1.54) is 7.11 Å². The molecule has 0 radical (unpaired) electrons. The van der Waals surface area contributed by atoms with E-state index in [-0.39, 0.29) is 0 Å². The van der Waals surface area contributed by atoms with E-state index < -0.39 is 6.10 Å². The molecule has 1 unspecified atom stereocenters. The van der Waals surface area contributed by atoms with Crippen LogP contribution in [0.2, 0.25) is 5.02 Å². The Morgan fingerprint density at radius 2 is 1.82 bits per heavy atom. The van der Waals surface area contributed by atoms with Crippen LogP contribution in [0.25, 0.3) is 0 Å². The number of halogens is 1. The fourth-order valence-corrected chi connectivity index (χ4v) is 1.53. The lowest BCUT2D eigenvalue weighted by atomic mass is 10.1. The van der Waals surface area contributed by atoms with E-state index in [0.29, 0.717) is 22.2 Å². The van der Waals surface area contributed by atoms with E-state index in [0.717, 1.165) is 0 Å². The van der Waals surface area contributed by atoms with E-state index >= 15 is 0 Å². The van der Waals surface area contributed by atoms with Crippen LogP contribution < -0.4 is 4.74 Å². The fraction of sp³-hybridized carbons (Fsp3) is 0.167. The van der Waals surface area contributed by atoms with Crippen LogP contribution in [0.1, 0.15) is 17.4 Å². The van der Waals surface area contributed by atoms with Crippen molar-refractivity contribution in [1.82, 2.24) is 10.2 Å². The predicted molar refractivity (Wildman–Crippen MR) is 64.1 cm³/mol. The van der Waals surface area contributed by atoms with Crippen molar-refractivity contribution < 1.29 is 9.84 Å². The largest absolute Gasteiger partial charge is 0.480 e. The van der Waals surface area contributed by atoms with Gasteiger partial charge in [-0.15, -0.1) is 10.2 Å². The van der Waals surface area contributed by atoms with E-state index in [1.54, 1.807) is 36.4 Å². The highest BCUT2D eigenvalue weighted by molar-refractivity contribution is 6.30. The van der Waals surface area contributed by atoms with Crippen LogP contribution in [0.4, 0.5) is 0 Å². The lowest BCUT2D eigenvalue weighted by Crippen LogP contribution is -2.04. The highest BCUT2D eigenvalue weighted by Crippen LogP contribution is 2.22. The van der Waals surface area contributed by atoms with Gasteiger partial charge in [-0.25, -0.2) is 0 Å². The first kappa shape index (κ1) is 11.8. The maximum Gasteiger partial charge on any atom is 0.233 e. The monoisotopic (exact) mass is 250 g/mol. The second-order valence-corrected chi connectivity index (χ2v) is 3.89. The van der Waals surface area contributed by atoms with Gasteiger partial charge in [-0.1, -0.05) is 23.7 Å². The van der Waals surface area contributed by atoms with Crippen molar-refractivity contribution in [2.24, 2.45) is 0 Å². The molecule has 1 aromatic carbocycles. The zero-order valence-corrected chi connectivity index (χ0v) is 9.93. The predicted octanol–water partition coefficient (Wildman–Crippen LogP) is 2.22. The number of aliphatic hydroxyl groups is 1. The summed E-state index contributed by atoms with van der Waals surface area (Å²) in [5.41, 5.74) is 1.18. The van der Waals surface area contributed by atoms with E-state index in [1.807, 2.05) is 0 Å². The average molecular weight is 251 g/mol. The molecule has 0 aliphatic rings. The maximum absolute atomic E-state index is 10.1. The second kappa shape index (κ2) is 5.12. The molecule has 1 heterocycles. The number of aromatic nitrogens is 2. The molecule has 4 nitrogen and oxygen atoms in total. The molecule has 17 heavy (non-hydrogen) atoms. The SMILES string of the molecule is COc1ccc(C(O)c2ccc(Cl)cc2)nn1. The quantitative estimate of drug-likeness (QED) is 0.908. The van der Waals surface area contributed by atoms with Crippen molar-refractivity contribution in [2.75, 3.05) is 7.11 Å². The Morgan fingerprint density at radius 1 is 1.12 bits per heavy atom. The number of hydrogen-bond acceptors (Lipinski definition) is 4. The zero-order valence-electron chi connectivity index (χ0n) is 9.17. The van der Waals surface area contributed by atoms with E-state index in [2.05, 4.69) is 10.2 Å². The molecule has 0 amide bonds. The van der Waals surface area contributed by atoms with E-state index in [4.69, 9.17) is 16.3 Å². The maximum atomic E-state index is 10.1. The third-order valence-corrected chi connectivity index (χ3v) is 2.59. The van der Waals surface area contributed by atoms with Crippen molar-refractivity contribution in [2.45, 2.75) is 6.10 Å². The summed E-state index contributed by atoms with van der Waals surface area (Å²) in [6.07, 6.45) is -0.814. The zero-order chi connectivity index (χ0) is 12.3. The molecule has 2 aromatic rings. The van der Waals surface area contributed by atoms with Gasteiger partial charge in [-0.05, 0) is 23.8 Å². The van der Waals surface area contributed by atoms with Crippen LogP contribution in [0.5, 0.6) is 5.88 Å². The van der Waals surface area contributed by atoms with Gasteiger partial charge >= 0.3 is 0 Å². The normalized spacial score (nSPS) is 12.2. The average Bonchev–Trinajstić information content (AvgIpc) is 2.39. The lowest BCUT2D eigenvalue weighted by molar-refractivity contribution is 0.213. The third kappa shape index (κ3) is 2.72. The Bertz CT molecular complexity index is 485. The lowest BCUT2D eigenvalue weighted by Gasteiger charge is -2.10. The highest BCUT2D eigenvalue weighted by atomic mass is 35.5. The van der Waals surface area contributed by atoms with Crippen molar-refractivity contribution in [3.8, 4) is 5.88 Å². The van der Waals surface area contributed by atoms with Crippen molar-refractivity contribution >= 4 is 11.6 Å². The summed E-state index contributed by atoms with van der Waals surface area (Å²) < 4.78 is 4.90. The first-order valence-electron chi connectivity index (χ1n) is 5.02. The van der Waals surface area contributed by atoms with Gasteiger partial charge in [0.25, 0.3) is 0 Å². The summed E-state index contributed by atoms with van der Waals surface area (Å²) in [7, 11) is 1.51. The van der Waals surface area contributed by atoms with Gasteiger partial charge in [0.1, 0.15) is 6.10 Å². The van der Waals surface area contributed by atoms with Gasteiger partial charge in [0.15, 0.2) is 0 Å². The number of nitrogens with zero attached hydrogens (tertiary/aromatic N) is 2. The second-order valence-electron chi connectivity index (χ2n) is 3.45. The van der Waals surface area contributed by atoms with E-state index in [9.17, 15) is 5.11 Å². The Kier molecular flexibility index (Phi) is 3.56. The van der Waals surface area contributed by atoms with Gasteiger partial charge < -0.3 is 9.84 Å². The molecule has 0 saturated carbocycles. The molecule has 0 saturated heterocycles. The van der Waals surface area contributed by atoms with Crippen LogP contribution in [0.15, 0.2) is 36.4 Å². The van der Waals surface area contributed by atoms with Gasteiger partial charge in [0.2, 0.25) is 5.88 Å². The van der Waals surface area contributed by atoms with Crippen LogP contribution >= 0.6 is 11.6 Å². The van der Waals surface area contributed by atoms with Crippen molar-refractivity contribution in [3.05, 3.63) is 52.7 Å². The number of rotatable bonds is 3. The standard InChI is InChI=1S/C12H11ClN2O2/c1-17-11-7-6-10(14-15-11)12(16)8-2-4-9(13)5-3-8/h2-7,12,16H,1H3. The van der Waals surface area contributed by atoms with Gasteiger partial charge in [-0.3, -0.25) is 0 Å². The summed E-state index contributed by atoms with van der Waals surface area (Å²) in [5.74, 6) is 0.414. The van der Waals surface area contributed by atoms with Crippen LogP contribution in [-0.2, 0) is 0 Å². The first-order valence-corrected chi connectivity index (χ1v) is 5.39. The Labute approximate surface area is 104 Å². The molecule has 2 rings (SSSR count). The molecule has 0 aliphatic heterocycles. The molecular formula is C12H11ClN2O2. The number of aliphatic hydroxyl groups excluding tert-OH is 1. The summed E-state index contributed by atoms with van der Waals surface area (Å²) in [6.45, 7) is 0. The number of ether oxygens (including phenoxy) is 1. The molecule has 0 aliphatic carbocycles. The third-order valence-electron chi connectivity index (χ3n) is 2.34. The molecule has 0 fully saturated rings. The van der Waals surface area contributed by atoms with Gasteiger partial charge in [0.05, 0.1) is 12.8 Å². The minimum absolute atomic E-state index is 0.414. The Hall–Kier alpha value is -1.65. The highest BCUT2D eigenvalue weighted by Gasteiger charge is 2.12. The summed E-state index contributed by atoms with van der Waals surface area (Å²) in [5, 5.41) is 18.4. The Morgan fingerprint density at radius 3 is 2.35 bits per heavy atom. The number of hydrogen-bond donors (Lipinski definition) is 1. The first-order chi connectivity index (χ1) is 8.20. The minimum atomic E-state index is -0.814. The topological polar surface area (TPSA) is 55.2 Å². The van der Waals surface area contributed by atoms with Crippen LogP contribution in [0, 0.1) is 0 Å². The molecule has 0 bridgehead atoms. The number of benzene rings is 1. The van der Waals surface area contributed by atoms with Crippen molar-refractivity contribution in [3.63, 3.8) is 0 Å². The fourth-order valence-electron chi connectivity index (χ4n) is 1.40. The smallest absolute Gasteiger partial charge is 0.233 e. The molecule has 1 N–H and O–H groups in total. The van der Waals surface area contributed by atoms with Crippen LogP contribution in [0.3, 0.4) is 0 Å². The molecule has 0 spiro atoms. The summed E-state index contributed by atoms with van der Waals surface area (Å²) in [4.78, 5) is 0. The summed E-state index contributed by atoms with van der Waals surface area (Å²) in [6, 6.07) is 10.3. The molecular weight excluding hydrogens is 240 g/mol. The van der Waals surface area contributed by atoms with Crippen LogP contribution in [-0.4, -0.2) is 22.4 Å². The van der Waals surface area contributed by atoms with Gasteiger partial charge in [0, 0.05) is 11.1 Å². The summed E-state index contributed by atoms with van der Waals surface area (Å²) >= 11 is 5.78. The molecule has 1 atom stereocenters. The molecule has 5 heteroatoms.